The first-order valence-corrected chi connectivity index (χ1v) is 5.87. The summed E-state index contributed by atoms with van der Waals surface area (Å²) >= 11 is 0. The molecule has 0 aliphatic carbocycles. The molecule has 102 valence electrons. The molecule has 5 heteroatoms. The minimum absolute atomic E-state index is 0.390. The summed E-state index contributed by atoms with van der Waals surface area (Å²) in [7, 11) is 1.96. The van der Waals surface area contributed by atoms with Crippen LogP contribution in [0.1, 0.15) is 12.8 Å². The average Bonchev–Trinajstić information content (AvgIpc) is 2.38. The molecule has 0 amide bonds. The molecule has 0 spiro atoms. The molecule has 0 heterocycles. The number of hydrogen-bond acceptors (Lipinski definition) is 5. The highest BCUT2D eigenvalue weighted by Gasteiger charge is 2.01. The van der Waals surface area contributed by atoms with Gasteiger partial charge in [-0.05, 0) is 19.9 Å². The van der Waals surface area contributed by atoms with Crippen LogP contribution < -0.4 is 0 Å². The van der Waals surface area contributed by atoms with Crippen LogP contribution in [-0.4, -0.2) is 50.2 Å². The molecular weight excluding hydrogens is 234 g/mol. The van der Waals surface area contributed by atoms with Crippen LogP contribution in [0.2, 0.25) is 0 Å². The van der Waals surface area contributed by atoms with Crippen LogP contribution >= 0.6 is 0 Å². The maximum atomic E-state index is 10.7. The van der Waals surface area contributed by atoms with Crippen molar-refractivity contribution in [3.63, 3.8) is 0 Å². The fourth-order valence-electron chi connectivity index (χ4n) is 1.24. The Kier molecular flexibility index (Phi) is 9.58. The number of rotatable bonds is 10. The first-order chi connectivity index (χ1) is 8.60. The molecule has 0 unspecified atom stereocenters. The zero-order valence-electron chi connectivity index (χ0n) is 10.9. The van der Waals surface area contributed by atoms with Gasteiger partial charge in [0.15, 0.2) is 0 Å². The summed E-state index contributed by atoms with van der Waals surface area (Å²) < 4.78 is 9.70. The Bertz CT molecular complexity index is 261. The molecule has 0 aromatic carbocycles. The summed E-state index contributed by atoms with van der Waals surface area (Å²) in [6.07, 6.45) is 3.83. The summed E-state index contributed by atoms with van der Waals surface area (Å²) in [6.45, 7) is 9.04. The van der Waals surface area contributed by atoms with E-state index in [2.05, 4.69) is 18.1 Å². The van der Waals surface area contributed by atoms with E-state index in [1.54, 1.807) is 0 Å². The highest BCUT2D eigenvalue weighted by Crippen LogP contribution is 1.93. The van der Waals surface area contributed by atoms with Gasteiger partial charge in [0.05, 0.1) is 13.2 Å². The van der Waals surface area contributed by atoms with E-state index >= 15 is 0 Å². The van der Waals surface area contributed by atoms with Gasteiger partial charge in [-0.25, -0.2) is 9.59 Å². The van der Waals surface area contributed by atoms with Gasteiger partial charge < -0.3 is 14.4 Å². The van der Waals surface area contributed by atoms with E-state index in [1.165, 1.54) is 0 Å². The maximum absolute atomic E-state index is 10.7. The molecule has 0 N–H and O–H groups in total. The lowest BCUT2D eigenvalue weighted by molar-refractivity contribution is -0.138. The number of carbonyl (C=O) groups is 2. The first-order valence-electron chi connectivity index (χ1n) is 5.87. The second-order valence-corrected chi connectivity index (χ2v) is 3.75. The molecule has 0 aromatic rings. The van der Waals surface area contributed by atoms with E-state index in [-0.39, 0.29) is 0 Å². The molecule has 0 radical (unpaired) electrons. The van der Waals surface area contributed by atoms with Crippen LogP contribution in [0.15, 0.2) is 25.3 Å². The van der Waals surface area contributed by atoms with Crippen LogP contribution in [0.4, 0.5) is 0 Å². The molecule has 0 aliphatic rings. The van der Waals surface area contributed by atoms with Gasteiger partial charge in [-0.1, -0.05) is 13.2 Å². The Morgan fingerprint density at radius 2 is 1.39 bits per heavy atom. The van der Waals surface area contributed by atoms with Crippen molar-refractivity contribution in [3.05, 3.63) is 25.3 Å². The van der Waals surface area contributed by atoms with Crippen LogP contribution in [0, 0.1) is 0 Å². The summed E-state index contributed by atoms with van der Waals surface area (Å²) in [5, 5.41) is 0. The third kappa shape index (κ3) is 9.59. The lowest BCUT2D eigenvalue weighted by Gasteiger charge is -2.15. The largest absolute Gasteiger partial charge is 0.462 e. The zero-order chi connectivity index (χ0) is 13.8. The van der Waals surface area contributed by atoms with E-state index < -0.39 is 11.9 Å². The van der Waals surface area contributed by atoms with Crippen LogP contribution in [0.25, 0.3) is 0 Å². The van der Waals surface area contributed by atoms with Crippen LogP contribution in [0.3, 0.4) is 0 Å². The van der Waals surface area contributed by atoms with E-state index in [0.29, 0.717) is 13.2 Å². The molecule has 0 saturated heterocycles. The highest BCUT2D eigenvalue weighted by atomic mass is 16.5. The normalized spacial score (nSPS) is 9.89. The predicted molar refractivity (Wildman–Crippen MR) is 69.0 cm³/mol. The van der Waals surface area contributed by atoms with Gasteiger partial charge in [-0.3, -0.25) is 0 Å². The van der Waals surface area contributed by atoms with E-state index in [1.807, 2.05) is 7.05 Å². The van der Waals surface area contributed by atoms with Crippen LogP contribution in [0.5, 0.6) is 0 Å². The fourth-order valence-corrected chi connectivity index (χ4v) is 1.24. The third-order valence-corrected chi connectivity index (χ3v) is 2.19. The Morgan fingerprint density at radius 3 is 1.72 bits per heavy atom. The lowest BCUT2D eigenvalue weighted by atomic mass is 10.3. The SMILES string of the molecule is C=CC(=O)OCCCN(C)CCCOC(=O)C=C. The smallest absolute Gasteiger partial charge is 0.330 e. The van der Waals surface area contributed by atoms with Gasteiger partial charge in [-0.15, -0.1) is 0 Å². The zero-order valence-corrected chi connectivity index (χ0v) is 10.9. The van der Waals surface area contributed by atoms with E-state index in [9.17, 15) is 9.59 Å². The lowest BCUT2D eigenvalue weighted by Crippen LogP contribution is -2.23. The van der Waals surface area contributed by atoms with Gasteiger partial charge in [0.1, 0.15) is 0 Å². The van der Waals surface area contributed by atoms with E-state index in [0.717, 1.165) is 38.1 Å². The summed E-state index contributed by atoms with van der Waals surface area (Å²) in [5.74, 6) is -0.789. The summed E-state index contributed by atoms with van der Waals surface area (Å²) in [5.41, 5.74) is 0. The number of esters is 2. The van der Waals surface area contributed by atoms with Crippen molar-refractivity contribution in [1.29, 1.82) is 0 Å². The van der Waals surface area contributed by atoms with Crippen molar-refractivity contribution in [2.24, 2.45) is 0 Å². The standard InChI is InChI=1S/C13H21NO4/c1-4-12(15)17-10-6-8-14(3)9-7-11-18-13(16)5-2/h4-5H,1-2,6-11H2,3H3. The molecule has 0 aromatic heterocycles. The Labute approximate surface area is 108 Å². The van der Waals surface area contributed by atoms with Crippen molar-refractivity contribution in [1.82, 2.24) is 4.90 Å². The minimum atomic E-state index is -0.394. The van der Waals surface area contributed by atoms with Gasteiger partial charge in [-0.2, -0.15) is 0 Å². The van der Waals surface area contributed by atoms with Crippen molar-refractivity contribution < 1.29 is 19.1 Å². The van der Waals surface area contributed by atoms with E-state index in [4.69, 9.17) is 9.47 Å². The Morgan fingerprint density at radius 1 is 1.00 bits per heavy atom. The Balaban J connectivity index is 3.40. The molecular formula is C13H21NO4. The minimum Gasteiger partial charge on any atom is -0.462 e. The highest BCUT2D eigenvalue weighted by molar-refractivity contribution is 5.81. The molecule has 0 fully saturated rings. The number of carbonyl (C=O) groups excluding carboxylic acids is 2. The molecule has 0 atom stereocenters. The molecule has 0 saturated carbocycles. The molecule has 0 rings (SSSR count). The van der Waals surface area contributed by atoms with Crippen molar-refractivity contribution >= 4 is 11.9 Å². The number of hydrogen-bond donors (Lipinski definition) is 0. The van der Waals surface area contributed by atoms with Gasteiger partial charge in [0.2, 0.25) is 0 Å². The van der Waals surface area contributed by atoms with Crippen molar-refractivity contribution in [2.45, 2.75) is 12.8 Å². The maximum Gasteiger partial charge on any atom is 0.330 e. The molecule has 0 bridgehead atoms. The molecule has 5 nitrogen and oxygen atoms in total. The Hall–Kier alpha value is -1.62. The topological polar surface area (TPSA) is 55.8 Å². The first kappa shape index (κ1) is 16.4. The third-order valence-electron chi connectivity index (χ3n) is 2.19. The second-order valence-electron chi connectivity index (χ2n) is 3.75. The molecule has 18 heavy (non-hydrogen) atoms. The van der Waals surface area contributed by atoms with Crippen molar-refractivity contribution in [3.8, 4) is 0 Å². The second kappa shape index (κ2) is 10.5. The average molecular weight is 255 g/mol. The quantitative estimate of drug-likeness (QED) is 0.333. The fraction of sp³-hybridized carbons (Fsp3) is 0.538. The van der Waals surface area contributed by atoms with Gasteiger partial charge >= 0.3 is 11.9 Å². The summed E-state index contributed by atoms with van der Waals surface area (Å²) in [6, 6.07) is 0. The monoisotopic (exact) mass is 255 g/mol. The van der Waals surface area contributed by atoms with Gasteiger partial charge in [0.25, 0.3) is 0 Å². The van der Waals surface area contributed by atoms with Gasteiger partial charge in [0, 0.05) is 25.2 Å². The number of ether oxygens (including phenoxy) is 2. The number of nitrogens with zero attached hydrogens (tertiary/aromatic N) is 1. The van der Waals surface area contributed by atoms with Crippen molar-refractivity contribution in [2.75, 3.05) is 33.4 Å². The molecule has 0 aliphatic heterocycles. The predicted octanol–water partition coefficient (Wildman–Crippen LogP) is 1.16. The van der Waals surface area contributed by atoms with Crippen LogP contribution in [-0.2, 0) is 19.1 Å². The summed E-state index contributed by atoms with van der Waals surface area (Å²) in [4.78, 5) is 23.6.